The number of anilines is 1. The van der Waals surface area contributed by atoms with E-state index < -0.39 is 27.2 Å². The Kier molecular flexibility index (Phi) is 6.01. The molecule has 124 valence electrons. The van der Waals surface area contributed by atoms with E-state index in [2.05, 4.69) is 20.5 Å². The van der Waals surface area contributed by atoms with Crippen molar-refractivity contribution in [3.63, 3.8) is 0 Å². The second kappa shape index (κ2) is 7.94. The number of oxime groups is 1. The van der Waals surface area contributed by atoms with Gasteiger partial charge in [0.25, 0.3) is 5.69 Å². The first-order chi connectivity index (χ1) is 11.3. The molecule has 0 atom stereocenters. The summed E-state index contributed by atoms with van der Waals surface area (Å²) in [6.07, 6.45) is 0. The van der Waals surface area contributed by atoms with Gasteiger partial charge < -0.3 is 4.84 Å². The first kappa shape index (κ1) is 18.2. The number of nitriles is 1. The van der Waals surface area contributed by atoms with Crippen molar-refractivity contribution in [1.82, 2.24) is 0 Å². The van der Waals surface area contributed by atoms with Crippen LogP contribution in [0, 0.1) is 31.6 Å². The summed E-state index contributed by atoms with van der Waals surface area (Å²) in [5.74, 6) is -0.741. The first-order valence-electron chi connectivity index (χ1n) is 6.15. The molecule has 0 saturated heterocycles. The third-order valence-corrected chi connectivity index (χ3v) is 2.45. The quantitative estimate of drug-likeness (QED) is 0.354. The zero-order chi connectivity index (χ0) is 18.3. The molecule has 12 heteroatoms. The molecule has 0 amide bonds. The number of carbonyl (C=O) groups is 1. The lowest BCUT2D eigenvalue weighted by atomic mass is 10.2. The zero-order valence-electron chi connectivity index (χ0n) is 12.4. The number of carbonyl (C=O) groups excluding carboxylic acids is 1. The average molecular weight is 334 g/mol. The maximum atomic E-state index is 11.0. The normalized spacial score (nSPS) is 11.4. The minimum absolute atomic E-state index is 0.0219. The molecule has 1 rings (SSSR count). The molecule has 0 radical (unpaired) electrons. The van der Waals surface area contributed by atoms with Crippen molar-refractivity contribution in [2.24, 2.45) is 10.3 Å². The number of nitrogens with one attached hydrogen (secondary N) is 1. The lowest BCUT2D eigenvalue weighted by molar-refractivity contribution is -0.393. The number of hydrazone groups is 1. The van der Waals surface area contributed by atoms with Crippen molar-refractivity contribution in [3.05, 3.63) is 38.4 Å². The summed E-state index contributed by atoms with van der Waals surface area (Å²) in [4.78, 5) is 35.0. The number of rotatable bonds is 6. The smallest absolute Gasteiger partial charge is 0.317 e. The predicted octanol–water partition coefficient (Wildman–Crippen LogP) is 1.73. The van der Waals surface area contributed by atoms with Gasteiger partial charge in [-0.1, -0.05) is 5.16 Å². The Bertz CT molecular complexity index is 794. The number of nitrogens with zero attached hydrogens (tertiary/aromatic N) is 5. The van der Waals surface area contributed by atoms with Gasteiger partial charge in [0, 0.05) is 13.0 Å². The number of benzene rings is 1. The Hall–Kier alpha value is -3.88. The fraction of sp³-hybridized carbons (Fsp3) is 0.167. The van der Waals surface area contributed by atoms with Gasteiger partial charge in [0.05, 0.1) is 21.6 Å². The van der Waals surface area contributed by atoms with Crippen LogP contribution < -0.4 is 5.43 Å². The highest BCUT2D eigenvalue weighted by molar-refractivity contribution is 6.47. The van der Waals surface area contributed by atoms with Gasteiger partial charge >= 0.3 is 11.7 Å². The topological polar surface area (TPSA) is 173 Å². The molecule has 1 aromatic rings. The van der Waals surface area contributed by atoms with Gasteiger partial charge in [0.2, 0.25) is 5.71 Å². The Morgan fingerprint density at radius 2 is 1.96 bits per heavy atom. The highest BCUT2D eigenvalue weighted by Crippen LogP contribution is 2.28. The predicted molar refractivity (Wildman–Crippen MR) is 81.3 cm³/mol. The van der Waals surface area contributed by atoms with E-state index in [0.29, 0.717) is 0 Å². The van der Waals surface area contributed by atoms with E-state index in [9.17, 15) is 25.0 Å². The van der Waals surface area contributed by atoms with Gasteiger partial charge in [-0.3, -0.25) is 25.7 Å². The van der Waals surface area contributed by atoms with Crippen LogP contribution in [0.5, 0.6) is 0 Å². The van der Waals surface area contributed by atoms with Crippen molar-refractivity contribution in [3.8, 4) is 6.07 Å². The fourth-order valence-corrected chi connectivity index (χ4v) is 1.35. The molecule has 0 saturated carbocycles. The summed E-state index contributed by atoms with van der Waals surface area (Å²) in [6.45, 7) is 2.43. The third-order valence-electron chi connectivity index (χ3n) is 2.45. The molecule has 0 heterocycles. The second-order valence-corrected chi connectivity index (χ2v) is 4.16. The Labute approximate surface area is 134 Å². The van der Waals surface area contributed by atoms with E-state index in [1.807, 2.05) is 0 Å². The summed E-state index contributed by atoms with van der Waals surface area (Å²) >= 11 is 0. The number of hydrogen-bond acceptors (Lipinski definition) is 10. The minimum atomic E-state index is -0.821. The van der Waals surface area contributed by atoms with Crippen molar-refractivity contribution >= 4 is 34.5 Å². The van der Waals surface area contributed by atoms with E-state index >= 15 is 0 Å². The number of non-ortho nitro benzene ring substituents is 1. The van der Waals surface area contributed by atoms with Crippen LogP contribution in [0.1, 0.15) is 13.8 Å². The number of nitro groups is 2. The van der Waals surface area contributed by atoms with Gasteiger partial charge in [0.1, 0.15) is 11.8 Å². The molecular formula is C12H10N6O6. The Morgan fingerprint density at radius 3 is 2.46 bits per heavy atom. The standard InChI is InChI=1S/C12H10N6O6/c1-7(11(6-13)16-24-8(2)19)14-15-10-4-3-9(17(20)21)5-12(10)18(22)23/h3-5,15H,1-2H3/b14-7+,16-11-. The zero-order valence-corrected chi connectivity index (χ0v) is 12.4. The van der Waals surface area contributed by atoms with Crippen LogP contribution in [0.2, 0.25) is 0 Å². The van der Waals surface area contributed by atoms with E-state index in [0.717, 1.165) is 25.1 Å². The lowest BCUT2D eigenvalue weighted by Crippen LogP contribution is -2.12. The first-order valence-corrected chi connectivity index (χ1v) is 6.15. The summed E-state index contributed by atoms with van der Waals surface area (Å²) < 4.78 is 0. The van der Waals surface area contributed by atoms with Gasteiger partial charge in [-0.05, 0) is 13.0 Å². The van der Waals surface area contributed by atoms with Gasteiger partial charge in [-0.15, -0.1) is 0 Å². The van der Waals surface area contributed by atoms with Gasteiger partial charge in [0.15, 0.2) is 0 Å². The maximum absolute atomic E-state index is 11.0. The number of hydrogen-bond donors (Lipinski definition) is 1. The monoisotopic (exact) mass is 334 g/mol. The molecule has 0 spiro atoms. The molecule has 0 aliphatic carbocycles. The molecule has 0 bridgehead atoms. The van der Waals surface area contributed by atoms with E-state index in [4.69, 9.17) is 5.26 Å². The van der Waals surface area contributed by atoms with Crippen LogP contribution >= 0.6 is 0 Å². The van der Waals surface area contributed by atoms with Crippen molar-refractivity contribution in [2.45, 2.75) is 13.8 Å². The summed E-state index contributed by atoms with van der Waals surface area (Å²) in [7, 11) is 0. The summed E-state index contributed by atoms with van der Waals surface area (Å²) in [5.41, 5.74) is 0.802. The third kappa shape index (κ3) is 4.84. The molecule has 0 aliphatic heterocycles. The largest absolute Gasteiger partial charge is 0.332 e. The maximum Gasteiger partial charge on any atom is 0.332 e. The molecule has 1 N–H and O–H groups in total. The molecule has 0 aliphatic rings. The highest BCUT2D eigenvalue weighted by Gasteiger charge is 2.19. The fourth-order valence-electron chi connectivity index (χ4n) is 1.35. The van der Waals surface area contributed by atoms with Crippen LogP contribution in [0.15, 0.2) is 28.5 Å². The molecule has 24 heavy (non-hydrogen) atoms. The Balaban J connectivity index is 3.10. The molecule has 0 aromatic heterocycles. The van der Waals surface area contributed by atoms with Gasteiger partial charge in [-0.25, -0.2) is 4.79 Å². The van der Waals surface area contributed by atoms with E-state index in [1.54, 1.807) is 6.07 Å². The summed E-state index contributed by atoms with van der Waals surface area (Å²) in [6, 6.07) is 4.56. The van der Waals surface area contributed by atoms with Gasteiger partial charge in [-0.2, -0.15) is 10.4 Å². The molecule has 1 aromatic carbocycles. The van der Waals surface area contributed by atoms with E-state index in [1.165, 1.54) is 6.92 Å². The van der Waals surface area contributed by atoms with Crippen LogP contribution in [-0.4, -0.2) is 27.2 Å². The molecule has 12 nitrogen and oxygen atoms in total. The molecular weight excluding hydrogens is 324 g/mol. The summed E-state index contributed by atoms with van der Waals surface area (Å²) in [5, 5.41) is 37.5. The van der Waals surface area contributed by atoms with Crippen LogP contribution in [0.3, 0.4) is 0 Å². The minimum Gasteiger partial charge on any atom is -0.317 e. The van der Waals surface area contributed by atoms with Crippen LogP contribution in [0.25, 0.3) is 0 Å². The van der Waals surface area contributed by atoms with Crippen LogP contribution in [0.4, 0.5) is 17.1 Å². The molecule has 0 unspecified atom stereocenters. The van der Waals surface area contributed by atoms with Crippen molar-refractivity contribution < 1.29 is 19.5 Å². The van der Waals surface area contributed by atoms with E-state index in [-0.39, 0.29) is 17.1 Å². The SMILES string of the molecule is CC(=O)O/N=C(C#N)\C(C)=N\Nc1ccc([N+](=O)[O-])cc1[N+](=O)[O-]. The van der Waals surface area contributed by atoms with Crippen molar-refractivity contribution in [2.75, 3.05) is 5.43 Å². The molecule has 0 fully saturated rings. The highest BCUT2D eigenvalue weighted by atomic mass is 16.7. The Morgan fingerprint density at radius 1 is 1.29 bits per heavy atom. The lowest BCUT2D eigenvalue weighted by Gasteiger charge is -2.03. The average Bonchev–Trinajstić information content (AvgIpc) is 2.52. The van der Waals surface area contributed by atoms with Crippen molar-refractivity contribution in [1.29, 1.82) is 5.26 Å². The number of nitro benzene ring substituents is 2. The second-order valence-electron chi connectivity index (χ2n) is 4.16. The van der Waals surface area contributed by atoms with Crippen LogP contribution in [-0.2, 0) is 9.63 Å².